The molecule has 2 amide bonds. The maximum Gasteiger partial charge on any atom is 0.352 e. The third kappa shape index (κ3) is 6.28. The number of amides is 2. The van der Waals surface area contributed by atoms with E-state index in [-0.39, 0.29) is 17.8 Å². The first-order valence-electron chi connectivity index (χ1n) is 18.1. The van der Waals surface area contributed by atoms with Crippen molar-refractivity contribution in [3.63, 3.8) is 0 Å². The van der Waals surface area contributed by atoms with Crippen molar-refractivity contribution in [2.24, 2.45) is 7.05 Å². The highest BCUT2D eigenvalue weighted by Gasteiger charge is 2.30. The van der Waals surface area contributed by atoms with Gasteiger partial charge in [-0.25, -0.2) is 9.59 Å². The number of fused-ring (bicyclic) bond motifs is 4. The number of nitrogens with one attached hydrogen (secondary N) is 1. The molecule has 266 valence electrons. The molecule has 0 saturated carbocycles. The van der Waals surface area contributed by atoms with Crippen molar-refractivity contribution >= 4 is 33.7 Å². The summed E-state index contributed by atoms with van der Waals surface area (Å²) in [6.45, 7) is 4.71. The second-order valence-electron chi connectivity index (χ2n) is 13.8. The third-order valence-electron chi connectivity index (χ3n) is 10.6. The van der Waals surface area contributed by atoms with E-state index in [1.54, 1.807) is 0 Å². The Bertz CT molecular complexity index is 2290. The van der Waals surface area contributed by atoms with Crippen molar-refractivity contribution in [2.75, 3.05) is 19.8 Å². The van der Waals surface area contributed by atoms with Crippen LogP contribution in [0.5, 0.6) is 5.75 Å². The zero-order valence-corrected chi connectivity index (χ0v) is 29.6. The fourth-order valence-corrected chi connectivity index (χ4v) is 7.96. The molecule has 6 aromatic rings. The van der Waals surface area contributed by atoms with Gasteiger partial charge in [-0.2, -0.15) is 5.10 Å². The summed E-state index contributed by atoms with van der Waals surface area (Å²) in [6.07, 6.45) is 2.71. The molecular weight excluding hydrogens is 654 g/mol. The van der Waals surface area contributed by atoms with Gasteiger partial charge in [0.2, 0.25) is 0 Å². The number of aromatic carboxylic acids is 1. The number of benzene rings is 4. The molecule has 10 heteroatoms. The van der Waals surface area contributed by atoms with Gasteiger partial charge in [0.25, 0.3) is 0 Å². The molecule has 10 nitrogen and oxygen atoms in total. The Morgan fingerprint density at radius 2 is 1.62 bits per heavy atom. The van der Waals surface area contributed by atoms with Crippen LogP contribution in [0.1, 0.15) is 57.8 Å². The van der Waals surface area contributed by atoms with Crippen molar-refractivity contribution in [3.05, 3.63) is 119 Å². The summed E-state index contributed by atoms with van der Waals surface area (Å²) < 4.78 is 15.7. The molecule has 2 N–H and O–H groups in total. The number of hydrogen-bond acceptors (Lipinski definition) is 5. The monoisotopic (exact) mass is 697 g/mol. The molecule has 0 aliphatic carbocycles. The van der Waals surface area contributed by atoms with Gasteiger partial charge in [0.05, 0.1) is 24.4 Å². The van der Waals surface area contributed by atoms with Gasteiger partial charge < -0.3 is 29.4 Å². The zero-order valence-electron chi connectivity index (χ0n) is 29.6. The molecule has 0 unspecified atom stereocenters. The van der Waals surface area contributed by atoms with Crippen molar-refractivity contribution in [1.82, 2.24) is 24.6 Å². The normalized spacial score (nSPS) is 14.8. The summed E-state index contributed by atoms with van der Waals surface area (Å²) in [5, 5.41) is 22.2. The highest BCUT2D eigenvalue weighted by atomic mass is 16.5. The van der Waals surface area contributed by atoms with E-state index in [0.717, 1.165) is 79.5 Å². The maximum absolute atomic E-state index is 14.0. The first-order chi connectivity index (χ1) is 25.4. The van der Waals surface area contributed by atoms with Crippen LogP contribution in [0.2, 0.25) is 0 Å². The minimum absolute atomic E-state index is 0.0445. The highest BCUT2D eigenvalue weighted by Crippen LogP contribution is 2.40. The van der Waals surface area contributed by atoms with Gasteiger partial charge in [0.15, 0.2) is 0 Å². The second-order valence-corrected chi connectivity index (χ2v) is 13.8. The molecule has 4 aromatic carbocycles. The predicted octanol–water partition coefficient (Wildman–Crippen LogP) is 7.47. The molecular formula is C42H43N5O5. The molecule has 1 fully saturated rings. The molecule has 52 heavy (non-hydrogen) atoms. The lowest BCUT2D eigenvalue weighted by atomic mass is 9.98. The predicted molar refractivity (Wildman–Crippen MR) is 201 cm³/mol. The van der Waals surface area contributed by atoms with Crippen LogP contribution >= 0.6 is 0 Å². The van der Waals surface area contributed by atoms with Crippen molar-refractivity contribution in [3.8, 4) is 16.9 Å². The average molecular weight is 698 g/mol. The van der Waals surface area contributed by atoms with Gasteiger partial charge in [-0.05, 0) is 60.7 Å². The first kappa shape index (κ1) is 33.5. The molecule has 2 aliphatic rings. The van der Waals surface area contributed by atoms with Gasteiger partial charge in [-0.15, -0.1) is 0 Å². The van der Waals surface area contributed by atoms with E-state index in [4.69, 9.17) is 14.6 Å². The van der Waals surface area contributed by atoms with E-state index < -0.39 is 5.97 Å². The number of urea groups is 1. The second kappa shape index (κ2) is 14.2. The van der Waals surface area contributed by atoms with E-state index in [1.807, 2.05) is 88.8 Å². The van der Waals surface area contributed by atoms with Gasteiger partial charge in [0.1, 0.15) is 11.4 Å². The number of carboxylic acid groups (broad SMARTS) is 1. The van der Waals surface area contributed by atoms with Gasteiger partial charge in [-0.3, -0.25) is 4.68 Å². The summed E-state index contributed by atoms with van der Waals surface area (Å²) in [5.74, 6) is -0.150. The molecule has 0 spiro atoms. The summed E-state index contributed by atoms with van der Waals surface area (Å²) in [6, 6.07) is 28.2. The number of nitrogens with zero attached hydrogens (tertiary/aromatic N) is 4. The zero-order chi connectivity index (χ0) is 35.8. The number of para-hydroxylation sites is 1. The third-order valence-corrected chi connectivity index (χ3v) is 10.6. The number of aryl methyl sites for hydroxylation is 2. The Balaban J connectivity index is 1.21. The Labute approximate surface area is 302 Å². The Hall–Kier alpha value is -5.61. The van der Waals surface area contributed by atoms with Gasteiger partial charge in [-0.1, -0.05) is 78.9 Å². The van der Waals surface area contributed by atoms with E-state index in [1.165, 1.54) is 0 Å². The Morgan fingerprint density at radius 3 is 2.42 bits per heavy atom. The van der Waals surface area contributed by atoms with Crippen LogP contribution in [-0.2, 0) is 37.8 Å². The number of carbonyl (C=O) groups excluding carboxylic acids is 1. The van der Waals surface area contributed by atoms with Crippen LogP contribution in [-0.4, -0.2) is 62.2 Å². The minimum Gasteiger partial charge on any atom is -0.493 e. The Kier molecular flexibility index (Phi) is 9.15. The topological polar surface area (TPSA) is 111 Å². The number of carboxylic acids is 1. The van der Waals surface area contributed by atoms with E-state index in [2.05, 4.69) is 29.6 Å². The number of ether oxygens (including phenoxy) is 2. The van der Waals surface area contributed by atoms with Crippen LogP contribution < -0.4 is 10.1 Å². The standard InChI is InChI=1S/C42H43N5O5/c1-27-38-35-16-8-15-33-34(17-9-21-52-37-18-7-13-28-10-5-6-14-32(28)37)40(41(48)49)47(39(33)35)25-30-12-4-3-11-29(30)24-46(26-36(38)44-45(27)2)42(50)43-31-19-22-51-23-20-31/h3-8,10-16,18,31H,9,17,19-26H2,1-2H3,(H,43,50)(H,48,49). The summed E-state index contributed by atoms with van der Waals surface area (Å²) in [7, 11) is 1.92. The van der Waals surface area contributed by atoms with E-state index in [0.29, 0.717) is 52.3 Å². The number of rotatable bonds is 7. The molecule has 2 aromatic heterocycles. The summed E-state index contributed by atoms with van der Waals surface area (Å²) in [4.78, 5) is 29.2. The molecule has 1 saturated heterocycles. The van der Waals surface area contributed by atoms with Gasteiger partial charge >= 0.3 is 12.0 Å². The lowest BCUT2D eigenvalue weighted by molar-refractivity contribution is 0.0684. The molecule has 0 atom stereocenters. The maximum atomic E-state index is 14.0. The minimum atomic E-state index is -0.972. The average Bonchev–Trinajstić information content (AvgIpc) is 3.61. The number of carbonyl (C=O) groups is 2. The van der Waals surface area contributed by atoms with Crippen LogP contribution in [0.3, 0.4) is 0 Å². The first-order valence-corrected chi connectivity index (χ1v) is 18.1. The van der Waals surface area contributed by atoms with Crippen LogP contribution in [0, 0.1) is 6.92 Å². The smallest absolute Gasteiger partial charge is 0.352 e. The lowest BCUT2D eigenvalue weighted by Gasteiger charge is -2.29. The van der Waals surface area contributed by atoms with Crippen LogP contribution in [0.4, 0.5) is 4.79 Å². The fourth-order valence-electron chi connectivity index (χ4n) is 7.96. The van der Waals surface area contributed by atoms with Gasteiger partial charge in [0, 0.05) is 67.0 Å². The molecule has 8 rings (SSSR count). The van der Waals surface area contributed by atoms with Crippen LogP contribution in [0.15, 0.2) is 84.9 Å². The molecule has 2 aliphatic heterocycles. The van der Waals surface area contributed by atoms with Crippen molar-refractivity contribution < 1.29 is 24.2 Å². The Morgan fingerprint density at radius 1 is 0.904 bits per heavy atom. The number of aromatic nitrogens is 3. The number of hydrogen-bond donors (Lipinski definition) is 2. The van der Waals surface area contributed by atoms with E-state index in [9.17, 15) is 14.7 Å². The summed E-state index contributed by atoms with van der Waals surface area (Å²) in [5.41, 5.74) is 7.39. The van der Waals surface area contributed by atoms with Crippen molar-refractivity contribution in [2.45, 2.75) is 58.3 Å². The quantitative estimate of drug-likeness (QED) is 0.168. The molecule has 4 heterocycles. The summed E-state index contributed by atoms with van der Waals surface area (Å²) >= 11 is 0. The molecule has 0 bridgehead atoms. The SMILES string of the molecule is Cc1c2c(nn1C)CN(C(=O)NC1CCOCC1)Cc1ccccc1Cn1c(C(=O)O)c(CCCOc3cccc4ccccc34)c3cccc-2c31. The fraction of sp³-hybridized carbons (Fsp3) is 0.310. The van der Waals surface area contributed by atoms with E-state index >= 15 is 0 Å². The van der Waals surface area contributed by atoms with Crippen molar-refractivity contribution in [1.29, 1.82) is 0 Å². The van der Waals surface area contributed by atoms with Crippen LogP contribution in [0.25, 0.3) is 32.8 Å². The molecule has 0 radical (unpaired) electrons. The largest absolute Gasteiger partial charge is 0.493 e. The highest BCUT2D eigenvalue weighted by molar-refractivity contribution is 6.04. The lowest BCUT2D eigenvalue weighted by Crippen LogP contribution is -2.46.